The predicted molar refractivity (Wildman–Crippen MR) is 339 cm³/mol. The van der Waals surface area contributed by atoms with Crippen molar-refractivity contribution in [1.29, 1.82) is 0 Å². The summed E-state index contributed by atoms with van der Waals surface area (Å²) in [5.41, 5.74) is 53.2. The van der Waals surface area contributed by atoms with Gasteiger partial charge >= 0.3 is 5.97 Å². The molecule has 0 aromatic heterocycles. The monoisotopic (exact) mass is 1230 g/mol. The Hall–Kier alpha value is -10.3. The fraction of sp³-hybridized carbons (Fsp3) is 0.400. The zero-order chi connectivity index (χ0) is 65.1. The van der Waals surface area contributed by atoms with Gasteiger partial charge in [0, 0.05) is 51.9 Å². The highest BCUT2D eigenvalue weighted by Gasteiger charge is 2.35. The number of hydrogen-bond acceptors (Lipinski definition) is 13. The Labute approximate surface area is 516 Å². The topological polar surface area (TPSA) is 525 Å². The van der Waals surface area contributed by atoms with Crippen molar-refractivity contribution in [2.24, 2.45) is 71.6 Å². The van der Waals surface area contributed by atoms with Crippen molar-refractivity contribution in [3.8, 4) is 0 Å². The second-order valence-electron chi connectivity index (χ2n) is 20.9. The number of amides is 7. The molecule has 7 amide bonds. The smallest absolute Gasteiger partial charge is 0.326 e. The second kappa shape index (κ2) is 38.7. The molecule has 89 heavy (non-hydrogen) atoms. The molecule has 26 N–H and O–H groups in total. The predicted octanol–water partition coefficient (Wildman–Crippen LogP) is -3.02. The van der Waals surface area contributed by atoms with Gasteiger partial charge < -0.3 is 93.9 Å². The van der Waals surface area contributed by atoms with Gasteiger partial charge in [0.2, 0.25) is 41.4 Å². The number of carboxylic acid groups (broad SMARTS) is 1. The number of carbonyl (C=O) groups excluding carboxylic acids is 7. The van der Waals surface area contributed by atoms with Crippen molar-refractivity contribution in [2.75, 3.05) is 26.2 Å². The summed E-state index contributed by atoms with van der Waals surface area (Å²) in [7, 11) is 0. The van der Waals surface area contributed by atoms with Crippen LogP contribution in [0.3, 0.4) is 0 Å². The van der Waals surface area contributed by atoms with Gasteiger partial charge in [0.1, 0.15) is 42.3 Å². The first-order chi connectivity index (χ1) is 42.6. The maximum absolute atomic E-state index is 14.9. The summed E-state index contributed by atoms with van der Waals surface area (Å²) in [4.78, 5) is 130. The first-order valence-electron chi connectivity index (χ1n) is 29.1. The fourth-order valence-corrected chi connectivity index (χ4v) is 9.11. The largest absolute Gasteiger partial charge is 0.480 e. The van der Waals surface area contributed by atoms with Crippen LogP contribution in [0.5, 0.6) is 0 Å². The van der Waals surface area contributed by atoms with Gasteiger partial charge in [-0.3, -0.25) is 53.5 Å². The minimum Gasteiger partial charge on any atom is -0.480 e. The molecule has 0 aliphatic carbocycles. The zero-order valence-electron chi connectivity index (χ0n) is 49.7. The maximum atomic E-state index is 14.9. The summed E-state index contributed by atoms with van der Waals surface area (Å²) >= 11 is 0. The van der Waals surface area contributed by atoms with Crippen molar-refractivity contribution in [3.05, 3.63) is 144 Å². The van der Waals surface area contributed by atoms with Crippen molar-refractivity contribution in [3.63, 3.8) is 0 Å². The van der Waals surface area contributed by atoms with E-state index in [-0.39, 0.29) is 121 Å². The molecule has 480 valence electrons. The molecule has 0 bridgehead atoms. The van der Waals surface area contributed by atoms with Crippen LogP contribution in [-0.4, -0.2) is 151 Å². The lowest BCUT2D eigenvalue weighted by molar-refractivity contribution is -0.142. The lowest BCUT2D eigenvalue weighted by Gasteiger charge is -2.28. The third kappa shape index (κ3) is 28.2. The maximum Gasteiger partial charge on any atom is 0.326 e. The van der Waals surface area contributed by atoms with Gasteiger partial charge in [-0.25, -0.2) is 4.79 Å². The average Bonchev–Trinajstić information content (AvgIpc) is 3.71. The average molecular weight is 1230 g/mol. The van der Waals surface area contributed by atoms with E-state index in [0.29, 0.717) is 28.7 Å². The molecule has 0 fully saturated rings. The van der Waals surface area contributed by atoms with Crippen LogP contribution >= 0.6 is 0 Å². The molecule has 8 atom stereocenters. The van der Waals surface area contributed by atoms with E-state index in [2.05, 4.69) is 57.2 Å². The molecule has 0 spiro atoms. The summed E-state index contributed by atoms with van der Waals surface area (Å²) in [5, 5.41) is 29.2. The Morgan fingerprint density at radius 1 is 0.315 bits per heavy atom. The van der Waals surface area contributed by atoms with Crippen LogP contribution in [0.4, 0.5) is 0 Å². The molecular weight excluding hydrogens is 1140 g/mol. The molecule has 29 nitrogen and oxygen atoms in total. The van der Waals surface area contributed by atoms with E-state index in [4.69, 9.17) is 51.6 Å². The Morgan fingerprint density at radius 2 is 0.528 bits per heavy atom. The van der Waals surface area contributed by atoms with Gasteiger partial charge in [0.25, 0.3) is 0 Å². The number of rotatable bonds is 39. The number of aliphatic imine (C=N–C) groups is 4. The van der Waals surface area contributed by atoms with Gasteiger partial charge in [-0.15, -0.1) is 0 Å². The molecule has 29 heteroatoms. The van der Waals surface area contributed by atoms with Crippen LogP contribution in [0.1, 0.15) is 73.6 Å². The second-order valence-corrected chi connectivity index (χ2v) is 20.9. The van der Waals surface area contributed by atoms with Crippen LogP contribution < -0.4 is 88.8 Å². The molecule has 0 aliphatic rings. The molecule has 4 aromatic rings. The van der Waals surface area contributed by atoms with E-state index >= 15 is 0 Å². The van der Waals surface area contributed by atoms with Gasteiger partial charge in [0.05, 0.1) is 6.04 Å². The van der Waals surface area contributed by atoms with Crippen LogP contribution in [0.25, 0.3) is 0 Å². The molecule has 4 rings (SSSR count). The number of guanidine groups is 4. The van der Waals surface area contributed by atoms with Gasteiger partial charge in [-0.2, -0.15) is 0 Å². The van der Waals surface area contributed by atoms with E-state index in [1.807, 2.05) is 0 Å². The van der Waals surface area contributed by atoms with Gasteiger partial charge in [-0.1, -0.05) is 121 Å². The Bertz CT molecular complexity index is 3010. The van der Waals surface area contributed by atoms with Crippen LogP contribution in [-0.2, 0) is 64.0 Å². The molecule has 0 aliphatic heterocycles. The van der Waals surface area contributed by atoms with E-state index < -0.39 is 95.7 Å². The first kappa shape index (κ1) is 71.2. The lowest BCUT2D eigenvalue weighted by atomic mass is 10.0. The zero-order valence-corrected chi connectivity index (χ0v) is 49.7. The summed E-state index contributed by atoms with van der Waals surface area (Å²) in [6.07, 6.45) is 0.327. The standard InChI is InChI=1S/C60H86N20O9/c61-41(25-13-29-70-57(62)63)49(81)77-45(33-37-17-5-1-6-18-37)53(85)74-42(26-14-30-71-58(64)65)50(82)78-46(34-38-19-7-2-8-20-38)54(86)75-43(27-15-31-72-59(66)67)51(83)79-47(35-39-21-9-3-10-22-39)55(87)76-44(28-16-32-73-60(68)69)52(84)80-48(56(88)89)36-40-23-11-4-12-24-40/h1-12,17-24,41-48H,13-16,25-36,61H2,(H,74,85)(H,75,86)(H,76,87)(H,77,81)(H,78,82)(H,79,83)(H,80,84)(H,88,89)(H4,62,63,70)(H4,64,65,71)(H4,66,67,72)(H4,68,69,73)/t41-,42-,43-,44-,45-,46-,47-,48-/m0/s1. The Balaban J connectivity index is 1.70. The highest BCUT2D eigenvalue weighted by atomic mass is 16.4. The molecule has 0 heterocycles. The third-order valence-electron chi connectivity index (χ3n) is 13.7. The van der Waals surface area contributed by atoms with Crippen molar-refractivity contribution >= 4 is 71.2 Å². The van der Waals surface area contributed by atoms with Gasteiger partial charge in [-0.05, 0) is 73.6 Å². The highest BCUT2D eigenvalue weighted by molar-refractivity contribution is 5.98. The quantitative estimate of drug-likeness (QED) is 0.0120. The number of nitrogens with one attached hydrogen (secondary N) is 7. The molecule has 0 radical (unpaired) electrons. The van der Waals surface area contributed by atoms with Crippen molar-refractivity contribution in [2.45, 2.75) is 125 Å². The molecule has 0 saturated carbocycles. The number of nitrogens with zero attached hydrogens (tertiary/aromatic N) is 4. The van der Waals surface area contributed by atoms with Crippen molar-refractivity contribution in [1.82, 2.24) is 37.2 Å². The fourth-order valence-electron chi connectivity index (χ4n) is 9.11. The van der Waals surface area contributed by atoms with E-state index in [1.165, 1.54) is 0 Å². The van der Waals surface area contributed by atoms with E-state index in [1.54, 1.807) is 121 Å². The molecule has 4 aromatic carbocycles. The minimum absolute atomic E-state index is 0.0106. The number of carboxylic acids is 1. The summed E-state index contributed by atoms with van der Waals surface area (Å²) < 4.78 is 0. The van der Waals surface area contributed by atoms with Crippen LogP contribution in [0.15, 0.2) is 141 Å². The Kier molecular flexibility index (Phi) is 30.9. The number of benzene rings is 4. The molecular formula is C60H86N20O9. The normalized spacial score (nSPS) is 13.4. The summed E-state index contributed by atoms with van der Waals surface area (Å²) in [6, 6.07) is 23.9. The van der Waals surface area contributed by atoms with E-state index in [9.17, 15) is 43.5 Å². The summed E-state index contributed by atoms with van der Waals surface area (Å²) in [5.74, 6) is -7.78. The Morgan fingerprint density at radius 3 is 0.787 bits per heavy atom. The highest BCUT2D eigenvalue weighted by Crippen LogP contribution is 2.13. The SMILES string of the molecule is NC(N)=NCCC[C@H](NC(=O)[C@H](Cc1ccccc1)NC(=O)[C@H](CCCN=C(N)N)NC(=O)[C@H](Cc1ccccc1)NC(=O)[C@H](CCCN=C(N)N)NC(=O)[C@H](Cc1ccccc1)NC(=O)[C@@H](N)CCCN=C(N)N)C(=O)N[C@@H](Cc1ccccc1)C(=O)O. The van der Waals surface area contributed by atoms with Crippen LogP contribution in [0, 0.1) is 0 Å². The first-order valence-corrected chi connectivity index (χ1v) is 29.1. The van der Waals surface area contributed by atoms with Crippen molar-refractivity contribution < 1.29 is 43.5 Å². The van der Waals surface area contributed by atoms with Crippen LogP contribution in [0.2, 0.25) is 0 Å². The lowest BCUT2D eigenvalue weighted by Crippen LogP contribution is -2.60. The number of hydrogen-bond donors (Lipinski definition) is 17. The number of carbonyl (C=O) groups is 8. The van der Waals surface area contributed by atoms with Gasteiger partial charge in [0.15, 0.2) is 23.8 Å². The minimum atomic E-state index is -1.44. The van der Waals surface area contributed by atoms with E-state index in [0.717, 1.165) is 0 Å². The molecule has 0 unspecified atom stereocenters. The molecule has 0 saturated heterocycles. The third-order valence-corrected chi connectivity index (χ3v) is 13.7. The summed E-state index contributed by atoms with van der Waals surface area (Å²) in [6.45, 7) is 0.317. The number of aliphatic carboxylic acids is 1. The number of nitrogens with two attached hydrogens (primary N) is 9.